The van der Waals surface area contributed by atoms with Crippen molar-refractivity contribution < 1.29 is 0 Å². The maximum absolute atomic E-state index is 2.41. The average molecular weight is 531 g/mol. The van der Waals surface area contributed by atoms with Crippen molar-refractivity contribution in [3.05, 3.63) is 108 Å². The third-order valence-electron chi connectivity index (χ3n) is 5.61. The molecule has 0 bridgehead atoms. The van der Waals surface area contributed by atoms with Crippen LogP contribution in [0.3, 0.4) is 0 Å². The number of hydrogen-bond donors (Lipinski definition) is 0. The Morgan fingerprint density at radius 2 is 1.48 bits per heavy atom. The Balaban J connectivity index is 1.79. The van der Waals surface area contributed by atoms with E-state index in [9.17, 15) is 0 Å². The molecule has 1 heterocycles. The Morgan fingerprint density at radius 3 is 2.32 bits per heavy atom. The van der Waals surface area contributed by atoms with E-state index in [0.29, 0.717) is 0 Å². The summed E-state index contributed by atoms with van der Waals surface area (Å²) in [5.41, 5.74) is 6.16. The van der Waals surface area contributed by atoms with Gasteiger partial charge in [0.25, 0.3) is 0 Å². The summed E-state index contributed by atoms with van der Waals surface area (Å²) >= 11 is 4.26. The molecule has 0 N–H and O–H groups in total. The van der Waals surface area contributed by atoms with Gasteiger partial charge in [0.15, 0.2) is 0 Å². The molecule has 0 saturated carbocycles. The molecule has 3 heteroatoms. The van der Waals surface area contributed by atoms with Gasteiger partial charge in [0.2, 0.25) is 0 Å². The number of fused-ring (bicyclic) bond motifs is 3. The lowest BCUT2D eigenvalue weighted by atomic mass is 10.0. The van der Waals surface area contributed by atoms with Crippen LogP contribution in [0.5, 0.6) is 0 Å². The molecular weight excluding hydrogens is 509 g/mol. The molecule has 0 saturated heterocycles. The topological polar surface area (TPSA) is 3.24 Å². The number of rotatable bonds is 5. The summed E-state index contributed by atoms with van der Waals surface area (Å²) in [6.45, 7) is 2.23. The Hall–Kier alpha value is -2.63. The van der Waals surface area contributed by atoms with Gasteiger partial charge in [-0.05, 0) is 48.4 Å². The fraction of sp³-hybridized carbons (Fsp3) is 0.0714. The fourth-order valence-corrected chi connectivity index (χ4v) is 5.59. The van der Waals surface area contributed by atoms with Gasteiger partial charge >= 0.3 is 0 Å². The van der Waals surface area contributed by atoms with E-state index >= 15 is 0 Å². The molecule has 1 nitrogen and oxygen atoms in total. The molecule has 0 amide bonds. The average Bonchev–Trinajstić information content (AvgIpc) is 3.20. The van der Waals surface area contributed by atoms with Crippen LogP contribution in [0.2, 0.25) is 0 Å². The quantitative estimate of drug-likeness (QED) is 0.161. The molecule has 0 aliphatic carbocycles. The first kappa shape index (κ1) is 20.3. The summed E-state index contributed by atoms with van der Waals surface area (Å²) in [6.07, 6.45) is 4.45. The van der Waals surface area contributed by atoms with Gasteiger partial charge in [-0.25, -0.2) is 0 Å². The van der Waals surface area contributed by atoms with E-state index in [1.165, 1.54) is 48.4 Å². The number of nitrogens with zero attached hydrogens (tertiary/aromatic N) is 1. The van der Waals surface area contributed by atoms with Crippen LogP contribution in [0.1, 0.15) is 11.1 Å². The largest absolute Gasteiger partial charge is 0.309 e. The number of thiophene rings is 1. The highest BCUT2D eigenvalue weighted by Crippen LogP contribution is 2.45. The third-order valence-corrected chi connectivity index (χ3v) is 7.33. The van der Waals surface area contributed by atoms with E-state index in [0.717, 1.165) is 4.43 Å². The van der Waals surface area contributed by atoms with Crippen molar-refractivity contribution in [2.24, 2.45) is 0 Å². The third kappa shape index (κ3) is 3.77. The summed E-state index contributed by atoms with van der Waals surface area (Å²) < 4.78 is 3.65. The minimum absolute atomic E-state index is 1.00. The molecule has 0 atom stereocenters. The maximum atomic E-state index is 2.41. The number of halogens is 1. The Morgan fingerprint density at radius 1 is 0.774 bits per heavy atom. The van der Waals surface area contributed by atoms with Gasteiger partial charge in [-0.1, -0.05) is 95.4 Å². The van der Waals surface area contributed by atoms with Crippen LogP contribution in [-0.2, 0) is 0 Å². The molecule has 0 aliphatic rings. The van der Waals surface area contributed by atoms with E-state index in [-0.39, 0.29) is 0 Å². The number of alkyl halides is 1. The number of hydrogen-bond acceptors (Lipinski definition) is 2. The Labute approximate surface area is 200 Å². The van der Waals surface area contributed by atoms with E-state index in [1.807, 2.05) is 11.3 Å². The molecule has 4 aromatic carbocycles. The first-order valence-corrected chi connectivity index (χ1v) is 12.7. The van der Waals surface area contributed by atoms with Crippen LogP contribution < -0.4 is 4.90 Å². The first-order chi connectivity index (χ1) is 15.3. The predicted octanol–water partition coefficient (Wildman–Crippen LogP) is 9.28. The van der Waals surface area contributed by atoms with Crippen molar-refractivity contribution >= 4 is 77.2 Å². The lowest BCUT2D eigenvalue weighted by Gasteiger charge is -2.28. The normalized spacial score (nSPS) is 11.5. The second kappa shape index (κ2) is 8.85. The molecule has 0 spiro atoms. The van der Waals surface area contributed by atoms with Gasteiger partial charge in [-0.3, -0.25) is 0 Å². The second-order valence-electron chi connectivity index (χ2n) is 7.47. The van der Waals surface area contributed by atoms with Crippen LogP contribution in [0.4, 0.5) is 17.1 Å². The monoisotopic (exact) mass is 531 g/mol. The van der Waals surface area contributed by atoms with Crippen LogP contribution in [0.25, 0.3) is 26.2 Å². The van der Waals surface area contributed by atoms with Gasteiger partial charge in [0, 0.05) is 31.3 Å². The smallest absolute Gasteiger partial charge is 0.0640 e. The summed E-state index contributed by atoms with van der Waals surface area (Å²) in [5.74, 6) is 0. The Bertz CT molecular complexity index is 1380. The van der Waals surface area contributed by atoms with E-state index in [1.54, 1.807) is 0 Å². The highest BCUT2D eigenvalue weighted by Gasteiger charge is 2.19. The van der Waals surface area contributed by atoms with Gasteiger partial charge in [-0.2, -0.15) is 0 Å². The van der Waals surface area contributed by atoms with Gasteiger partial charge in [-0.15, -0.1) is 11.3 Å². The number of benzene rings is 4. The minimum Gasteiger partial charge on any atom is -0.309 e. The summed E-state index contributed by atoms with van der Waals surface area (Å²) in [5, 5.41) is 2.64. The molecule has 5 aromatic rings. The molecule has 31 heavy (non-hydrogen) atoms. The summed E-state index contributed by atoms with van der Waals surface area (Å²) in [6, 6.07) is 32.7. The van der Waals surface area contributed by atoms with Crippen molar-refractivity contribution in [2.45, 2.75) is 6.92 Å². The predicted molar refractivity (Wildman–Crippen MR) is 147 cm³/mol. The number of allylic oxidation sites excluding steroid dienone is 1. The van der Waals surface area contributed by atoms with Crippen LogP contribution >= 0.6 is 33.9 Å². The number of anilines is 3. The van der Waals surface area contributed by atoms with E-state index in [4.69, 9.17) is 0 Å². The lowest BCUT2D eigenvalue weighted by molar-refractivity contribution is 1.26. The summed E-state index contributed by atoms with van der Waals surface area (Å²) in [7, 11) is 0. The molecule has 0 radical (unpaired) electrons. The highest BCUT2D eigenvalue weighted by molar-refractivity contribution is 14.1. The first-order valence-electron chi connectivity index (χ1n) is 10.4. The molecule has 5 rings (SSSR count). The van der Waals surface area contributed by atoms with Crippen LogP contribution in [0, 0.1) is 6.92 Å². The minimum atomic E-state index is 1.00. The standard InChI is InChI=1S/C28H22INS/c1-20-21(11-9-19-29)10-7-16-25(20)30(22-12-3-2-4-13-22)26-17-8-15-24-23-14-5-6-18-27(23)31-28(24)26/h2-18H,19H2,1H3/b11-9-. The second-order valence-corrected chi connectivity index (χ2v) is 9.40. The maximum Gasteiger partial charge on any atom is 0.0640 e. The van der Waals surface area contributed by atoms with Crippen molar-refractivity contribution in [1.82, 2.24) is 0 Å². The molecule has 152 valence electrons. The Kier molecular flexibility index (Phi) is 5.79. The van der Waals surface area contributed by atoms with Crippen LogP contribution in [-0.4, -0.2) is 4.43 Å². The molecular formula is C28H22INS. The molecule has 0 unspecified atom stereocenters. The van der Waals surface area contributed by atoms with Crippen molar-refractivity contribution in [2.75, 3.05) is 9.33 Å². The van der Waals surface area contributed by atoms with Crippen molar-refractivity contribution in [3.8, 4) is 0 Å². The molecule has 0 fully saturated rings. The zero-order valence-corrected chi connectivity index (χ0v) is 20.2. The SMILES string of the molecule is Cc1c(/C=C\CI)cccc1N(c1ccccc1)c1cccc2c1sc1ccccc12. The summed E-state index contributed by atoms with van der Waals surface area (Å²) in [4.78, 5) is 2.41. The zero-order chi connectivity index (χ0) is 21.2. The van der Waals surface area contributed by atoms with E-state index < -0.39 is 0 Å². The van der Waals surface area contributed by atoms with Gasteiger partial charge in [0.1, 0.15) is 0 Å². The molecule has 0 aliphatic heterocycles. The lowest BCUT2D eigenvalue weighted by Crippen LogP contribution is -2.11. The number of para-hydroxylation sites is 1. The van der Waals surface area contributed by atoms with Crippen molar-refractivity contribution in [3.63, 3.8) is 0 Å². The van der Waals surface area contributed by atoms with Crippen LogP contribution in [0.15, 0.2) is 97.1 Å². The fourth-order valence-electron chi connectivity index (χ4n) is 4.13. The van der Waals surface area contributed by atoms with Gasteiger partial charge < -0.3 is 4.90 Å². The van der Waals surface area contributed by atoms with Crippen molar-refractivity contribution in [1.29, 1.82) is 0 Å². The van der Waals surface area contributed by atoms with Gasteiger partial charge in [0.05, 0.1) is 10.4 Å². The zero-order valence-electron chi connectivity index (χ0n) is 17.3. The molecule has 1 aromatic heterocycles. The highest BCUT2D eigenvalue weighted by atomic mass is 127. The van der Waals surface area contributed by atoms with E-state index in [2.05, 4.69) is 138 Å².